The summed E-state index contributed by atoms with van der Waals surface area (Å²) in [5.74, 6) is 0.424. The third-order valence-electron chi connectivity index (χ3n) is 3.60. The minimum Gasteiger partial charge on any atom is -0.300 e. The minimum absolute atomic E-state index is 0.410. The number of rotatable bonds is 3. The van der Waals surface area contributed by atoms with Crippen molar-refractivity contribution >= 4 is 17.1 Å². The summed E-state index contributed by atoms with van der Waals surface area (Å²) in [4.78, 5) is 16.7. The largest absolute Gasteiger partial charge is 0.300 e. The molecule has 94 valence electrons. The van der Waals surface area contributed by atoms with Gasteiger partial charge in [-0.1, -0.05) is 0 Å². The molecule has 0 aromatic carbocycles. The number of thiophene rings is 1. The lowest BCUT2D eigenvalue weighted by Crippen LogP contribution is -2.46. The van der Waals surface area contributed by atoms with Crippen LogP contribution in [0.4, 0.5) is 0 Å². The summed E-state index contributed by atoms with van der Waals surface area (Å²) < 4.78 is 0. The van der Waals surface area contributed by atoms with Crippen molar-refractivity contribution in [3.8, 4) is 0 Å². The first-order valence-electron chi connectivity index (χ1n) is 6.39. The molecule has 0 aliphatic carbocycles. The zero-order valence-electron chi connectivity index (χ0n) is 10.9. The van der Waals surface area contributed by atoms with Crippen LogP contribution in [0.1, 0.15) is 36.4 Å². The molecule has 1 fully saturated rings. The van der Waals surface area contributed by atoms with Crippen LogP contribution in [0.25, 0.3) is 0 Å². The SMILES string of the molecule is Cc1ccc(CC(C)N2CCC(=O)CC2C)s1. The van der Waals surface area contributed by atoms with Crippen molar-refractivity contribution in [1.29, 1.82) is 0 Å². The molecular formula is C14H21NOS. The molecule has 3 heteroatoms. The number of aryl methyl sites for hydroxylation is 1. The van der Waals surface area contributed by atoms with Gasteiger partial charge in [-0.15, -0.1) is 11.3 Å². The van der Waals surface area contributed by atoms with Crippen molar-refractivity contribution in [2.45, 2.75) is 52.1 Å². The molecule has 2 nitrogen and oxygen atoms in total. The Balaban J connectivity index is 1.95. The molecule has 1 aromatic heterocycles. The highest BCUT2D eigenvalue weighted by molar-refractivity contribution is 7.11. The molecule has 0 saturated carbocycles. The van der Waals surface area contributed by atoms with Gasteiger partial charge in [0.2, 0.25) is 0 Å². The minimum atomic E-state index is 0.410. The maximum Gasteiger partial charge on any atom is 0.135 e. The molecule has 0 N–H and O–H groups in total. The second kappa shape index (κ2) is 5.32. The Morgan fingerprint density at radius 3 is 2.88 bits per heavy atom. The maximum absolute atomic E-state index is 11.4. The van der Waals surface area contributed by atoms with Gasteiger partial charge in [0, 0.05) is 41.2 Å². The number of hydrogen-bond acceptors (Lipinski definition) is 3. The van der Waals surface area contributed by atoms with E-state index in [9.17, 15) is 4.79 Å². The van der Waals surface area contributed by atoms with Crippen LogP contribution in [-0.2, 0) is 11.2 Å². The Hall–Kier alpha value is -0.670. The fourth-order valence-electron chi connectivity index (χ4n) is 2.68. The van der Waals surface area contributed by atoms with Crippen molar-refractivity contribution in [2.75, 3.05) is 6.54 Å². The summed E-state index contributed by atoms with van der Waals surface area (Å²) in [6, 6.07) is 5.37. The lowest BCUT2D eigenvalue weighted by Gasteiger charge is -2.37. The number of carbonyl (C=O) groups is 1. The Morgan fingerprint density at radius 1 is 1.53 bits per heavy atom. The highest BCUT2D eigenvalue weighted by Gasteiger charge is 2.27. The predicted molar refractivity (Wildman–Crippen MR) is 72.6 cm³/mol. The molecule has 1 aromatic rings. The number of carbonyl (C=O) groups excluding carboxylic acids is 1. The molecule has 2 unspecified atom stereocenters. The van der Waals surface area contributed by atoms with Gasteiger partial charge in [0.1, 0.15) is 5.78 Å². The van der Waals surface area contributed by atoms with Crippen LogP contribution in [0, 0.1) is 6.92 Å². The summed E-state index contributed by atoms with van der Waals surface area (Å²) in [6.07, 6.45) is 2.57. The van der Waals surface area contributed by atoms with Gasteiger partial charge in [-0.3, -0.25) is 9.69 Å². The standard InChI is InChI=1S/C14H21NOS/c1-10-8-13(16)6-7-15(10)11(2)9-14-5-4-12(3)17-14/h4-5,10-11H,6-9H2,1-3H3. The Bertz CT molecular complexity index is 399. The molecule has 1 aliphatic heterocycles. The topological polar surface area (TPSA) is 20.3 Å². The summed E-state index contributed by atoms with van der Waals surface area (Å²) in [5.41, 5.74) is 0. The monoisotopic (exact) mass is 251 g/mol. The fraction of sp³-hybridized carbons (Fsp3) is 0.643. The molecule has 2 rings (SSSR count). The molecule has 17 heavy (non-hydrogen) atoms. The number of hydrogen-bond donors (Lipinski definition) is 0. The Morgan fingerprint density at radius 2 is 2.29 bits per heavy atom. The van der Waals surface area contributed by atoms with Crippen LogP contribution >= 0.6 is 11.3 Å². The highest BCUT2D eigenvalue weighted by atomic mass is 32.1. The summed E-state index contributed by atoms with van der Waals surface area (Å²) in [6.45, 7) is 7.54. The lowest BCUT2D eigenvalue weighted by molar-refractivity contribution is -0.123. The number of piperidine rings is 1. The van der Waals surface area contributed by atoms with Crippen LogP contribution in [0.15, 0.2) is 12.1 Å². The van der Waals surface area contributed by atoms with Crippen molar-refractivity contribution in [1.82, 2.24) is 4.90 Å². The van der Waals surface area contributed by atoms with Gasteiger partial charge in [0.25, 0.3) is 0 Å². The number of Topliss-reactive ketones (excluding diaryl/α,β-unsaturated/α-hetero) is 1. The predicted octanol–water partition coefficient (Wildman–Crippen LogP) is 3.04. The first kappa shape index (κ1) is 12.8. The summed E-state index contributed by atoms with van der Waals surface area (Å²) in [5, 5.41) is 0. The molecule has 2 heterocycles. The first-order chi connectivity index (χ1) is 8.06. The second-order valence-corrected chi connectivity index (χ2v) is 6.52. The van der Waals surface area contributed by atoms with Crippen LogP contribution in [-0.4, -0.2) is 29.3 Å². The van der Waals surface area contributed by atoms with E-state index < -0.39 is 0 Å². The van der Waals surface area contributed by atoms with E-state index in [0.29, 0.717) is 17.9 Å². The quantitative estimate of drug-likeness (QED) is 0.823. The maximum atomic E-state index is 11.4. The van der Waals surface area contributed by atoms with Crippen LogP contribution in [0.3, 0.4) is 0 Å². The van der Waals surface area contributed by atoms with E-state index in [0.717, 1.165) is 25.8 Å². The smallest absolute Gasteiger partial charge is 0.135 e. The second-order valence-electron chi connectivity index (χ2n) is 5.15. The zero-order valence-corrected chi connectivity index (χ0v) is 11.7. The van der Waals surface area contributed by atoms with E-state index in [1.807, 2.05) is 11.3 Å². The molecular weight excluding hydrogens is 230 g/mol. The average molecular weight is 251 g/mol. The van der Waals surface area contributed by atoms with Crippen LogP contribution in [0.2, 0.25) is 0 Å². The van der Waals surface area contributed by atoms with Gasteiger partial charge in [0.15, 0.2) is 0 Å². The molecule has 1 saturated heterocycles. The molecule has 2 atom stereocenters. The van der Waals surface area contributed by atoms with E-state index >= 15 is 0 Å². The third kappa shape index (κ3) is 3.17. The number of nitrogens with zero attached hydrogens (tertiary/aromatic N) is 1. The Labute approximate surface area is 108 Å². The fourth-order valence-corrected chi connectivity index (χ4v) is 3.69. The molecule has 0 spiro atoms. The van der Waals surface area contributed by atoms with Crippen molar-refractivity contribution in [3.05, 3.63) is 21.9 Å². The average Bonchev–Trinajstić information content (AvgIpc) is 2.63. The molecule has 0 amide bonds. The van der Waals surface area contributed by atoms with Crippen molar-refractivity contribution in [3.63, 3.8) is 0 Å². The van der Waals surface area contributed by atoms with E-state index in [-0.39, 0.29) is 0 Å². The molecule has 0 radical (unpaired) electrons. The third-order valence-corrected chi connectivity index (χ3v) is 4.62. The summed E-state index contributed by atoms with van der Waals surface area (Å²) >= 11 is 1.89. The van der Waals surface area contributed by atoms with E-state index in [4.69, 9.17) is 0 Å². The summed E-state index contributed by atoms with van der Waals surface area (Å²) in [7, 11) is 0. The van der Waals surface area contributed by atoms with Gasteiger partial charge in [-0.05, 0) is 39.3 Å². The van der Waals surface area contributed by atoms with E-state index in [2.05, 4.69) is 37.8 Å². The Kier molecular flexibility index (Phi) is 4.00. The number of likely N-dealkylation sites (tertiary alicyclic amines) is 1. The van der Waals surface area contributed by atoms with Gasteiger partial charge in [-0.25, -0.2) is 0 Å². The number of ketones is 1. The van der Waals surface area contributed by atoms with Gasteiger partial charge in [0.05, 0.1) is 0 Å². The van der Waals surface area contributed by atoms with Crippen LogP contribution < -0.4 is 0 Å². The van der Waals surface area contributed by atoms with Gasteiger partial charge < -0.3 is 0 Å². The van der Waals surface area contributed by atoms with E-state index in [1.165, 1.54) is 9.75 Å². The van der Waals surface area contributed by atoms with Gasteiger partial charge in [-0.2, -0.15) is 0 Å². The first-order valence-corrected chi connectivity index (χ1v) is 7.20. The van der Waals surface area contributed by atoms with Crippen molar-refractivity contribution < 1.29 is 4.79 Å². The van der Waals surface area contributed by atoms with Gasteiger partial charge >= 0.3 is 0 Å². The molecule has 1 aliphatic rings. The lowest BCUT2D eigenvalue weighted by atomic mass is 9.99. The highest BCUT2D eigenvalue weighted by Crippen LogP contribution is 2.22. The van der Waals surface area contributed by atoms with Crippen LogP contribution in [0.5, 0.6) is 0 Å². The zero-order chi connectivity index (χ0) is 12.4. The molecule has 0 bridgehead atoms. The normalized spacial score (nSPS) is 23.9. The van der Waals surface area contributed by atoms with E-state index in [1.54, 1.807) is 0 Å². The van der Waals surface area contributed by atoms with Crippen molar-refractivity contribution in [2.24, 2.45) is 0 Å².